The summed E-state index contributed by atoms with van der Waals surface area (Å²) in [6.07, 6.45) is 0. The zero-order valence-corrected chi connectivity index (χ0v) is 11.2. The number of benzene rings is 1. The van der Waals surface area contributed by atoms with Crippen molar-refractivity contribution in [2.75, 3.05) is 19.6 Å². The smallest absolute Gasteiger partial charge is 0.236 e. The highest BCUT2D eigenvalue weighted by Gasteiger charge is 2.30. The van der Waals surface area contributed by atoms with Gasteiger partial charge in [0.1, 0.15) is 6.04 Å². The Balaban J connectivity index is 2.17. The molecule has 1 aliphatic rings. The van der Waals surface area contributed by atoms with E-state index in [-0.39, 0.29) is 18.0 Å². The number of primary amides is 1. The van der Waals surface area contributed by atoms with Crippen molar-refractivity contribution in [3.63, 3.8) is 0 Å². The number of halogens is 1. The molecule has 1 aromatic rings. The lowest BCUT2D eigenvalue weighted by molar-refractivity contribution is -0.124. The standard InChI is InChI=1S/C13H18ClN3O/c1-9(10-2-4-11(14)5-3-10)17-7-6-16-8-12(17)13(15)18/h2-5,9,12,16H,6-8H2,1H3,(H2,15,18). The van der Waals surface area contributed by atoms with Gasteiger partial charge in [-0.2, -0.15) is 0 Å². The SMILES string of the molecule is CC(c1ccc(Cl)cc1)N1CCNCC1C(N)=O. The summed E-state index contributed by atoms with van der Waals surface area (Å²) in [5.74, 6) is -0.275. The minimum atomic E-state index is -0.275. The number of piperazine rings is 1. The molecule has 0 aliphatic carbocycles. The van der Waals surface area contributed by atoms with E-state index in [1.54, 1.807) is 0 Å². The summed E-state index contributed by atoms with van der Waals surface area (Å²) >= 11 is 5.88. The van der Waals surface area contributed by atoms with Gasteiger partial charge in [-0.15, -0.1) is 0 Å². The van der Waals surface area contributed by atoms with Gasteiger partial charge < -0.3 is 11.1 Å². The lowest BCUT2D eigenvalue weighted by Crippen LogP contribution is -2.57. The minimum absolute atomic E-state index is 0.155. The van der Waals surface area contributed by atoms with Crippen molar-refractivity contribution in [1.82, 2.24) is 10.2 Å². The van der Waals surface area contributed by atoms with E-state index in [1.165, 1.54) is 0 Å². The number of hydrogen-bond donors (Lipinski definition) is 2. The maximum atomic E-state index is 11.5. The molecule has 2 unspecified atom stereocenters. The fraction of sp³-hybridized carbons (Fsp3) is 0.462. The Labute approximate surface area is 112 Å². The molecule has 1 amide bonds. The molecular formula is C13H18ClN3O. The van der Waals surface area contributed by atoms with Crippen LogP contribution in [0.5, 0.6) is 0 Å². The highest BCUT2D eigenvalue weighted by Crippen LogP contribution is 2.24. The van der Waals surface area contributed by atoms with Gasteiger partial charge in [0.25, 0.3) is 0 Å². The summed E-state index contributed by atoms with van der Waals surface area (Å²) in [7, 11) is 0. The molecule has 3 N–H and O–H groups in total. The van der Waals surface area contributed by atoms with E-state index in [4.69, 9.17) is 17.3 Å². The van der Waals surface area contributed by atoms with E-state index >= 15 is 0 Å². The molecule has 1 heterocycles. The third-order valence-corrected chi connectivity index (χ3v) is 3.72. The highest BCUT2D eigenvalue weighted by molar-refractivity contribution is 6.30. The Kier molecular flexibility index (Phi) is 4.22. The molecular weight excluding hydrogens is 250 g/mol. The summed E-state index contributed by atoms with van der Waals surface area (Å²) in [5.41, 5.74) is 6.60. The topological polar surface area (TPSA) is 58.4 Å². The van der Waals surface area contributed by atoms with Gasteiger partial charge in [-0.1, -0.05) is 23.7 Å². The van der Waals surface area contributed by atoms with E-state index in [2.05, 4.69) is 17.1 Å². The average molecular weight is 268 g/mol. The van der Waals surface area contributed by atoms with Crippen LogP contribution in [0, 0.1) is 0 Å². The van der Waals surface area contributed by atoms with Crippen LogP contribution in [0.4, 0.5) is 0 Å². The highest BCUT2D eigenvalue weighted by atomic mass is 35.5. The van der Waals surface area contributed by atoms with Crippen molar-refractivity contribution in [3.05, 3.63) is 34.9 Å². The number of carbonyl (C=O) groups is 1. The van der Waals surface area contributed by atoms with Crippen molar-refractivity contribution in [2.24, 2.45) is 5.73 Å². The molecule has 0 spiro atoms. The van der Waals surface area contributed by atoms with Crippen LogP contribution in [0.2, 0.25) is 5.02 Å². The van der Waals surface area contributed by atoms with E-state index in [1.807, 2.05) is 24.3 Å². The van der Waals surface area contributed by atoms with Crippen molar-refractivity contribution < 1.29 is 4.79 Å². The molecule has 2 atom stereocenters. The Hall–Kier alpha value is -1.10. The van der Waals surface area contributed by atoms with Gasteiger partial charge >= 0.3 is 0 Å². The molecule has 4 nitrogen and oxygen atoms in total. The van der Waals surface area contributed by atoms with Gasteiger partial charge in [0, 0.05) is 30.7 Å². The zero-order chi connectivity index (χ0) is 13.1. The fourth-order valence-electron chi connectivity index (χ4n) is 2.38. The third kappa shape index (κ3) is 2.83. The van der Waals surface area contributed by atoms with E-state index in [0.717, 1.165) is 23.7 Å². The van der Waals surface area contributed by atoms with E-state index in [9.17, 15) is 4.79 Å². The van der Waals surface area contributed by atoms with Crippen LogP contribution in [-0.4, -0.2) is 36.5 Å². The second-order valence-electron chi connectivity index (χ2n) is 4.59. The normalized spacial score (nSPS) is 22.7. The van der Waals surface area contributed by atoms with Crippen LogP contribution in [-0.2, 0) is 4.79 Å². The molecule has 1 fully saturated rings. The molecule has 2 rings (SSSR count). The Bertz CT molecular complexity index is 421. The molecule has 1 saturated heterocycles. The first-order valence-electron chi connectivity index (χ1n) is 6.11. The summed E-state index contributed by atoms with van der Waals surface area (Å²) in [6, 6.07) is 7.63. The first-order chi connectivity index (χ1) is 8.59. The number of nitrogens with zero attached hydrogens (tertiary/aromatic N) is 1. The lowest BCUT2D eigenvalue weighted by atomic mass is 10.0. The van der Waals surface area contributed by atoms with Gasteiger partial charge in [-0.3, -0.25) is 9.69 Å². The maximum absolute atomic E-state index is 11.5. The van der Waals surface area contributed by atoms with Gasteiger partial charge in [-0.05, 0) is 24.6 Å². The minimum Gasteiger partial charge on any atom is -0.368 e. The molecule has 1 aliphatic heterocycles. The lowest BCUT2D eigenvalue weighted by Gasteiger charge is -2.38. The van der Waals surface area contributed by atoms with Gasteiger partial charge in [0.05, 0.1) is 0 Å². The van der Waals surface area contributed by atoms with Gasteiger partial charge in [0.15, 0.2) is 0 Å². The van der Waals surface area contributed by atoms with E-state index < -0.39 is 0 Å². The van der Waals surface area contributed by atoms with Crippen LogP contribution >= 0.6 is 11.6 Å². The quantitative estimate of drug-likeness (QED) is 0.864. The van der Waals surface area contributed by atoms with Crippen LogP contribution < -0.4 is 11.1 Å². The van der Waals surface area contributed by atoms with E-state index in [0.29, 0.717) is 6.54 Å². The summed E-state index contributed by atoms with van der Waals surface area (Å²) < 4.78 is 0. The predicted molar refractivity (Wildman–Crippen MR) is 72.4 cm³/mol. The Morgan fingerprint density at radius 2 is 2.17 bits per heavy atom. The zero-order valence-electron chi connectivity index (χ0n) is 10.4. The number of amides is 1. The molecule has 1 aromatic carbocycles. The number of nitrogens with two attached hydrogens (primary N) is 1. The Morgan fingerprint density at radius 3 is 2.78 bits per heavy atom. The molecule has 18 heavy (non-hydrogen) atoms. The van der Waals surface area contributed by atoms with Crippen molar-refractivity contribution in [1.29, 1.82) is 0 Å². The van der Waals surface area contributed by atoms with Crippen LogP contribution in [0.15, 0.2) is 24.3 Å². The third-order valence-electron chi connectivity index (χ3n) is 3.46. The second kappa shape index (κ2) is 5.69. The van der Waals surface area contributed by atoms with Crippen LogP contribution in [0.25, 0.3) is 0 Å². The largest absolute Gasteiger partial charge is 0.368 e. The number of hydrogen-bond acceptors (Lipinski definition) is 3. The van der Waals surface area contributed by atoms with Crippen molar-refractivity contribution in [2.45, 2.75) is 19.0 Å². The second-order valence-corrected chi connectivity index (χ2v) is 5.02. The molecule has 0 aromatic heterocycles. The number of nitrogens with one attached hydrogen (secondary N) is 1. The van der Waals surface area contributed by atoms with Crippen molar-refractivity contribution >= 4 is 17.5 Å². The molecule has 5 heteroatoms. The molecule has 0 radical (unpaired) electrons. The predicted octanol–water partition coefficient (Wildman–Crippen LogP) is 1.16. The summed E-state index contributed by atoms with van der Waals surface area (Å²) in [5, 5.41) is 3.92. The first kappa shape index (κ1) is 13.3. The van der Waals surface area contributed by atoms with Crippen LogP contribution in [0.1, 0.15) is 18.5 Å². The summed E-state index contributed by atoms with van der Waals surface area (Å²) in [4.78, 5) is 13.6. The fourth-order valence-corrected chi connectivity index (χ4v) is 2.51. The first-order valence-corrected chi connectivity index (χ1v) is 6.48. The van der Waals surface area contributed by atoms with Gasteiger partial charge in [0.2, 0.25) is 5.91 Å². The maximum Gasteiger partial charge on any atom is 0.236 e. The van der Waals surface area contributed by atoms with Crippen molar-refractivity contribution in [3.8, 4) is 0 Å². The average Bonchev–Trinajstić information content (AvgIpc) is 2.39. The molecule has 0 saturated carbocycles. The molecule has 0 bridgehead atoms. The monoisotopic (exact) mass is 267 g/mol. The molecule has 98 valence electrons. The Morgan fingerprint density at radius 1 is 1.50 bits per heavy atom. The number of rotatable bonds is 3. The number of carbonyl (C=O) groups excluding carboxylic acids is 1. The van der Waals surface area contributed by atoms with Crippen LogP contribution in [0.3, 0.4) is 0 Å². The van der Waals surface area contributed by atoms with Gasteiger partial charge in [-0.25, -0.2) is 0 Å². The summed E-state index contributed by atoms with van der Waals surface area (Å²) in [6.45, 7) is 4.40.